The second kappa shape index (κ2) is 10.9. The van der Waals surface area contributed by atoms with Crippen LogP contribution in [0.2, 0.25) is 0 Å². The van der Waals surface area contributed by atoms with Crippen molar-refractivity contribution in [1.29, 1.82) is 0 Å². The van der Waals surface area contributed by atoms with Crippen molar-refractivity contribution >= 4 is 17.7 Å². The van der Waals surface area contributed by atoms with Crippen LogP contribution in [0.3, 0.4) is 0 Å². The lowest BCUT2D eigenvalue weighted by atomic mass is 9.99. The highest BCUT2D eigenvalue weighted by Gasteiger charge is 2.21. The van der Waals surface area contributed by atoms with Gasteiger partial charge in [0.2, 0.25) is 11.8 Å². The predicted molar refractivity (Wildman–Crippen MR) is 132 cm³/mol. The Morgan fingerprint density at radius 2 is 1.73 bits per heavy atom. The van der Waals surface area contributed by atoms with Crippen LogP contribution in [-0.4, -0.2) is 32.8 Å². The van der Waals surface area contributed by atoms with Gasteiger partial charge in [0.25, 0.3) is 6.43 Å². The topological polar surface area (TPSA) is 123 Å². The van der Waals surface area contributed by atoms with Gasteiger partial charge in [-0.1, -0.05) is 12.1 Å². The Morgan fingerprint density at radius 1 is 1.03 bits per heavy atom. The number of rotatable bonds is 8. The number of amides is 1. The van der Waals surface area contributed by atoms with Crippen molar-refractivity contribution in [3.05, 3.63) is 83.4 Å². The number of hydrogen-bond acceptors (Lipinski definition) is 6. The number of carbonyl (C=O) groups is 1. The van der Waals surface area contributed by atoms with Crippen LogP contribution in [0.15, 0.2) is 60.7 Å². The molecule has 0 saturated heterocycles. The van der Waals surface area contributed by atoms with Gasteiger partial charge >= 0.3 is 6.09 Å². The Kier molecular flexibility index (Phi) is 7.52. The van der Waals surface area contributed by atoms with E-state index in [1.54, 1.807) is 37.3 Å². The van der Waals surface area contributed by atoms with Gasteiger partial charge in [-0.15, -0.1) is 0 Å². The highest BCUT2D eigenvalue weighted by molar-refractivity contribution is 5.85. The number of ether oxygens (including phenoxy) is 1. The molecule has 1 amide bonds. The molecule has 8 nitrogen and oxygen atoms in total. The second-order valence-electron chi connectivity index (χ2n) is 8.07. The molecule has 2 heterocycles. The van der Waals surface area contributed by atoms with E-state index >= 15 is 0 Å². The summed E-state index contributed by atoms with van der Waals surface area (Å²) in [6.45, 7) is 1.73. The average molecular weight is 509 g/mol. The Labute approximate surface area is 210 Å². The third-order valence-electron chi connectivity index (χ3n) is 5.33. The molecule has 0 bridgehead atoms. The summed E-state index contributed by atoms with van der Waals surface area (Å²) < 4.78 is 46.6. The first-order valence-electron chi connectivity index (χ1n) is 11.1. The van der Waals surface area contributed by atoms with Gasteiger partial charge in [-0.3, -0.25) is 10.3 Å². The molecule has 0 aliphatic rings. The van der Waals surface area contributed by atoms with Crippen molar-refractivity contribution in [1.82, 2.24) is 15.0 Å². The number of hydrogen-bond donors (Lipinski definition) is 3. The van der Waals surface area contributed by atoms with Crippen LogP contribution in [0.25, 0.3) is 22.4 Å². The summed E-state index contributed by atoms with van der Waals surface area (Å²) in [7, 11) is 0. The maximum atomic E-state index is 13.6. The molecule has 4 rings (SSSR count). The minimum atomic E-state index is -2.80. The maximum Gasteiger partial charge on any atom is 0.409 e. The van der Waals surface area contributed by atoms with Gasteiger partial charge in [-0.05, 0) is 66.6 Å². The van der Waals surface area contributed by atoms with Crippen LogP contribution < -0.4 is 15.8 Å². The zero-order chi connectivity index (χ0) is 26.5. The monoisotopic (exact) mass is 509 g/mol. The Balaban J connectivity index is 1.71. The van der Waals surface area contributed by atoms with Gasteiger partial charge < -0.3 is 15.6 Å². The molecule has 4 aromatic rings. The number of aromatic nitrogens is 3. The van der Waals surface area contributed by atoms with E-state index in [4.69, 9.17) is 15.6 Å². The van der Waals surface area contributed by atoms with E-state index in [2.05, 4.69) is 20.3 Å². The Morgan fingerprint density at radius 3 is 2.38 bits per heavy atom. The summed E-state index contributed by atoms with van der Waals surface area (Å²) in [5.41, 5.74) is 8.62. The Bertz CT molecular complexity index is 1410. The average Bonchev–Trinajstić information content (AvgIpc) is 2.84. The van der Waals surface area contributed by atoms with Crippen molar-refractivity contribution in [2.75, 3.05) is 17.7 Å². The van der Waals surface area contributed by atoms with Gasteiger partial charge in [0.15, 0.2) is 0 Å². The van der Waals surface area contributed by atoms with Crippen molar-refractivity contribution in [2.24, 2.45) is 0 Å². The fraction of sp³-hybridized carbons (Fsp3) is 0.154. The molecule has 37 heavy (non-hydrogen) atoms. The number of aryl methyl sites for hydroxylation is 1. The standard InChI is InChI=1S/C26H22F3N5O3/c1-14-12-17(13-20(31-14)23(28)29)21-22(16-4-6-18(27)7-5-16)33-25(30)34-24(21)37-11-10-15-2-8-19(9-3-15)32-26(35)36/h2-9,12-13,23,32H,10-11H2,1H3,(H,35,36)(H2,30,33,34). The predicted octanol–water partition coefficient (Wildman–Crippen LogP) is 5.88. The number of halogens is 3. The number of nitrogens with one attached hydrogen (secondary N) is 1. The minimum absolute atomic E-state index is 0.0711. The van der Waals surface area contributed by atoms with E-state index in [0.29, 0.717) is 34.5 Å². The van der Waals surface area contributed by atoms with Gasteiger partial charge in [-0.25, -0.2) is 22.9 Å². The summed E-state index contributed by atoms with van der Waals surface area (Å²) >= 11 is 0. The summed E-state index contributed by atoms with van der Waals surface area (Å²) in [6, 6.07) is 15.1. The second-order valence-corrected chi connectivity index (χ2v) is 8.07. The molecule has 0 unspecified atom stereocenters. The van der Waals surface area contributed by atoms with E-state index in [-0.39, 0.29) is 24.1 Å². The fourth-order valence-electron chi connectivity index (χ4n) is 3.73. The van der Waals surface area contributed by atoms with E-state index in [1.165, 1.54) is 30.3 Å². The summed E-state index contributed by atoms with van der Waals surface area (Å²) in [5.74, 6) is -0.489. The smallest absolute Gasteiger partial charge is 0.409 e. The van der Waals surface area contributed by atoms with Crippen LogP contribution in [0, 0.1) is 12.7 Å². The molecule has 2 aromatic heterocycles. The Hall–Kier alpha value is -4.67. The highest BCUT2D eigenvalue weighted by Crippen LogP contribution is 2.39. The fourth-order valence-corrected chi connectivity index (χ4v) is 3.73. The number of nitrogens with two attached hydrogens (primary N) is 1. The first-order chi connectivity index (χ1) is 17.7. The van der Waals surface area contributed by atoms with Gasteiger partial charge in [-0.2, -0.15) is 4.98 Å². The number of alkyl halides is 2. The van der Waals surface area contributed by atoms with Gasteiger partial charge in [0, 0.05) is 23.4 Å². The third-order valence-corrected chi connectivity index (χ3v) is 5.33. The molecule has 2 aromatic carbocycles. The highest BCUT2D eigenvalue weighted by atomic mass is 19.3. The molecular formula is C26H22F3N5O3. The lowest BCUT2D eigenvalue weighted by Gasteiger charge is -2.16. The van der Waals surface area contributed by atoms with Crippen molar-refractivity contribution in [3.8, 4) is 28.3 Å². The number of anilines is 2. The first kappa shape index (κ1) is 25.4. The van der Waals surface area contributed by atoms with Crippen LogP contribution in [-0.2, 0) is 6.42 Å². The largest absolute Gasteiger partial charge is 0.477 e. The lowest BCUT2D eigenvalue weighted by Crippen LogP contribution is -2.09. The molecule has 0 aliphatic carbocycles. The number of carboxylic acid groups (broad SMARTS) is 1. The van der Waals surface area contributed by atoms with Crippen LogP contribution in [0.4, 0.5) is 29.6 Å². The number of pyridine rings is 1. The summed E-state index contributed by atoms with van der Waals surface area (Å²) in [4.78, 5) is 23.2. The van der Waals surface area contributed by atoms with E-state index in [0.717, 1.165) is 5.56 Å². The molecular weight excluding hydrogens is 487 g/mol. The minimum Gasteiger partial charge on any atom is -0.477 e. The van der Waals surface area contributed by atoms with Crippen molar-refractivity contribution in [3.63, 3.8) is 0 Å². The molecule has 0 spiro atoms. The molecule has 0 aliphatic heterocycles. The number of nitrogens with zero attached hydrogens (tertiary/aromatic N) is 3. The molecule has 0 saturated carbocycles. The zero-order valence-corrected chi connectivity index (χ0v) is 19.6. The number of nitrogen functional groups attached to an aromatic ring is 1. The van der Waals surface area contributed by atoms with Crippen LogP contribution in [0.5, 0.6) is 5.88 Å². The van der Waals surface area contributed by atoms with Crippen LogP contribution >= 0.6 is 0 Å². The van der Waals surface area contributed by atoms with Crippen LogP contribution in [0.1, 0.15) is 23.4 Å². The molecule has 11 heteroatoms. The molecule has 0 atom stereocenters. The SMILES string of the molecule is Cc1cc(-c2c(OCCc3ccc(NC(=O)O)cc3)nc(N)nc2-c2ccc(F)cc2)cc(C(F)F)n1. The third kappa shape index (κ3) is 6.31. The van der Waals surface area contributed by atoms with Crippen molar-refractivity contribution in [2.45, 2.75) is 19.8 Å². The molecule has 4 N–H and O–H groups in total. The first-order valence-corrected chi connectivity index (χ1v) is 11.1. The molecule has 0 fully saturated rings. The quantitative estimate of drug-likeness (QED) is 0.271. The maximum absolute atomic E-state index is 13.6. The van der Waals surface area contributed by atoms with Crippen molar-refractivity contribution < 1.29 is 27.8 Å². The summed E-state index contributed by atoms with van der Waals surface area (Å²) in [5, 5.41) is 11.1. The van der Waals surface area contributed by atoms with Gasteiger partial charge in [0.1, 0.15) is 11.5 Å². The normalized spacial score (nSPS) is 10.9. The van der Waals surface area contributed by atoms with E-state index < -0.39 is 24.0 Å². The molecule has 190 valence electrons. The van der Waals surface area contributed by atoms with Gasteiger partial charge in [0.05, 0.1) is 17.9 Å². The summed E-state index contributed by atoms with van der Waals surface area (Å²) in [6.07, 6.45) is -3.53. The molecule has 0 radical (unpaired) electrons. The zero-order valence-electron chi connectivity index (χ0n) is 19.6. The number of benzene rings is 2. The lowest BCUT2D eigenvalue weighted by molar-refractivity contribution is 0.146. The van der Waals surface area contributed by atoms with E-state index in [9.17, 15) is 18.0 Å². The van der Waals surface area contributed by atoms with E-state index in [1.807, 2.05) is 0 Å².